The van der Waals surface area contributed by atoms with Crippen molar-refractivity contribution in [2.24, 2.45) is 5.41 Å². The molecule has 12 heteroatoms. The molecule has 1 spiro atoms. The normalized spacial score (nSPS) is 33.2. The van der Waals surface area contributed by atoms with E-state index >= 15 is 0 Å². The van der Waals surface area contributed by atoms with Crippen LogP contribution in [0.25, 0.3) is 11.1 Å². The highest BCUT2D eigenvalue weighted by atomic mass is 16.5. The topological polar surface area (TPSA) is 204 Å². The van der Waals surface area contributed by atoms with Crippen molar-refractivity contribution in [1.82, 2.24) is 4.90 Å². The summed E-state index contributed by atoms with van der Waals surface area (Å²) in [5.74, 6) is 11.8. The second kappa shape index (κ2) is 13.4. The minimum atomic E-state index is -1.53. The number of rotatable bonds is 3. The van der Waals surface area contributed by atoms with E-state index in [4.69, 9.17) is 9.47 Å². The Labute approximate surface area is 289 Å². The highest BCUT2D eigenvalue weighted by Gasteiger charge is 2.54. The van der Waals surface area contributed by atoms with Crippen LogP contribution < -0.4 is 0 Å². The molecule has 262 valence electrons. The van der Waals surface area contributed by atoms with Gasteiger partial charge in [-0.2, -0.15) is 5.26 Å². The molecule has 2 aromatic carbocycles. The Balaban J connectivity index is 1.22. The van der Waals surface area contributed by atoms with Gasteiger partial charge < -0.3 is 50.1 Å². The van der Waals surface area contributed by atoms with E-state index in [2.05, 4.69) is 29.8 Å². The first-order valence-corrected chi connectivity index (χ1v) is 17.0. The van der Waals surface area contributed by atoms with Crippen molar-refractivity contribution in [2.75, 3.05) is 26.3 Å². The third kappa shape index (κ3) is 5.89. The summed E-state index contributed by atoms with van der Waals surface area (Å²) in [6, 6.07) is 13.9. The highest BCUT2D eigenvalue weighted by molar-refractivity contribution is 5.89. The van der Waals surface area contributed by atoms with Crippen LogP contribution in [0.15, 0.2) is 36.4 Å². The van der Waals surface area contributed by atoms with E-state index in [0.29, 0.717) is 49.9 Å². The molecular weight excluding hydrogens is 644 g/mol. The Morgan fingerprint density at radius 3 is 1.88 bits per heavy atom. The van der Waals surface area contributed by atoms with E-state index in [1.54, 1.807) is 4.90 Å². The maximum Gasteiger partial charge on any atom is 0.243 e. The van der Waals surface area contributed by atoms with Gasteiger partial charge in [-0.05, 0) is 72.2 Å². The fourth-order valence-corrected chi connectivity index (χ4v) is 7.80. The number of nitrogens with zero attached hydrogens (tertiary/aromatic N) is 2. The summed E-state index contributed by atoms with van der Waals surface area (Å²) >= 11 is 0. The minimum Gasteiger partial charge on any atom is -0.394 e. The summed E-state index contributed by atoms with van der Waals surface area (Å²) in [5, 5.41) is 80.4. The molecule has 7 rings (SSSR count). The Morgan fingerprint density at radius 1 is 0.780 bits per heavy atom. The number of amides is 1. The number of carbonyl (C=O) groups is 1. The summed E-state index contributed by atoms with van der Waals surface area (Å²) in [5.41, 5.74) is 3.86. The molecule has 2 aliphatic carbocycles. The Hall–Kier alpha value is -3.84. The summed E-state index contributed by atoms with van der Waals surface area (Å²) in [7, 11) is 0. The van der Waals surface area contributed by atoms with Crippen molar-refractivity contribution in [2.45, 2.75) is 92.5 Å². The maximum absolute atomic E-state index is 13.3. The molecule has 50 heavy (non-hydrogen) atoms. The predicted molar refractivity (Wildman–Crippen MR) is 176 cm³/mol. The van der Waals surface area contributed by atoms with Crippen molar-refractivity contribution >= 4 is 5.91 Å². The largest absolute Gasteiger partial charge is 0.394 e. The van der Waals surface area contributed by atoms with Gasteiger partial charge in [-0.1, -0.05) is 35.8 Å². The summed E-state index contributed by atoms with van der Waals surface area (Å²) in [6.07, 6.45) is -8.19. The van der Waals surface area contributed by atoms with Gasteiger partial charge >= 0.3 is 0 Å². The molecule has 12 nitrogen and oxygen atoms in total. The molecule has 3 heterocycles. The van der Waals surface area contributed by atoms with Crippen molar-refractivity contribution in [3.05, 3.63) is 58.7 Å². The van der Waals surface area contributed by atoms with Gasteiger partial charge in [0.1, 0.15) is 48.1 Å². The van der Waals surface area contributed by atoms with E-state index in [0.717, 1.165) is 22.3 Å². The number of ether oxygens (including phenoxy) is 2. The minimum absolute atomic E-state index is 0.110. The summed E-state index contributed by atoms with van der Waals surface area (Å²) in [6.45, 7) is 0.0374. The SMILES string of the molecule is N#CC1(C(=O)N2CCC3(CC2)c2cc(C#C[C@H]4O[C@H](CO)C[C@H](O)[C@@H]4O)ccc2-c2ccc(C#C[C@H]4O[C@H](CO)[C@@H](O)C(O)[C@@H]4O)cc23)CC1. The van der Waals surface area contributed by atoms with Crippen molar-refractivity contribution in [3.63, 3.8) is 0 Å². The molecule has 7 N–H and O–H groups in total. The van der Waals surface area contributed by atoms with Crippen LogP contribution in [0, 0.1) is 40.4 Å². The van der Waals surface area contributed by atoms with Gasteiger partial charge in [0.25, 0.3) is 0 Å². The second-order valence-electron chi connectivity index (χ2n) is 14.0. The third-order valence-electron chi connectivity index (χ3n) is 11.0. The maximum atomic E-state index is 13.3. The molecule has 9 atom stereocenters. The van der Waals surface area contributed by atoms with Crippen molar-refractivity contribution in [1.29, 1.82) is 5.26 Å². The fraction of sp³-hybridized carbons (Fsp3) is 0.526. The van der Waals surface area contributed by atoms with Crippen LogP contribution >= 0.6 is 0 Å². The molecule has 1 unspecified atom stereocenters. The lowest BCUT2D eigenvalue weighted by atomic mass is 9.70. The molecule has 0 radical (unpaired) electrons. The average molecular weight is 685 g/mol. The lowest BCUT2D eigenvalue weighted by molar-refractivity contribution is -0.214. The van der Waals surface area contributed by atoms with Crippen LogP contribution in [-0.4, -0.2) is 128 Å². The van der Waals surface area contributed by atoms with Gasteiger partial charge in [0.15, 0.2) is 0 Å². The van der Waals surface area contributed by atoms with Crippen LogP contribution in [0.3, 0.4) is 0 Å². The van der Waals surface area contributed by atoms with Crippen LogP contribution in [0.2, 0.25) is 0 Å². The Bertz CT molecular complexity index is 1820. The molecule has 4 fully saturated rings. The molecule has 3 aliphatic heterocycles. The number of nitriles is 1. The standard InChI is InChI=1S/C38H40N2O10/c39-20-37(9-10-37)36(48)40-13-11-38(12-14-40)26-15-21(3-7-29-32(44)28(43)17-23(18-41)49-29)1-5-24(26)25-6-2-22(16-27(25)38)4-8-30-33(45)35(47)34(46)31(19-42)50-30/h1-2,5-6,15-16,23,28-35,41-47H,9-14,17-19H2/t23-,28-,29+,30+,31+,32-,33+,34+,35?/m0/s1. The van der Waals surface area contributed by atoms with E-state index in [1.807, 2.05) is 36.4 Å². The zero-order valence-corrected chi connectivity index (χ0v) is 27.3. The van der Waals surface area contributed by atoms with E-state index < -0.39 is 72.4 Å². The molecule has 1 saturated carbocycles. The molecule has 5 aliphatic rings. The number of hydrogen-bond acceptors (Lipinski definition) is 11. The number of aliphatic hydroxyl groups excluding tert-OH is 7. The van der Waals surface area contributed by atoms with Crippen molar-refractivity contribution < 1.29 is 50.0 Å². The van der Waals surface area contributed by atoms with E-state index in [-0.39, 0.29) is 18.9 Å². The monoisotopic (exact) mass is 684 g/mol. The first-order chi connectivity index (χ1) is 24.0. The molecule has 0 bridgehead atoms. The number of fused-ring (bicyclic) bond motifs is 5. The number of benzene rings is 2. The second-order valence-corrected chi connectivity index (χ2v) is 14.0. The first-order valence-electron chi connectivity index (χ1n) is 17.0. The number of carbonyl (C=O) groups excluding carboxylic acids is 1. The van der Waals surface area contributed by atoms with Crippen molar-refractivity contribution in [3.8, 4) is 40.9 Å². The predicted octanol–water partition coefficient (Wildman–Crippen LogP) is -0.704. The highest BCUT2D eigenvalue weighted by Crippen LogP contribution is 2.55. The Kier molecular flexibility index (Phi) is 9.25. The lowest BCUT2D eigenvalue weighted by Crippen LogP contribution is -2.58. The van der Waals surface area contributed by atoms with Gasteiger partial charge in [0.05, 0.1) is 31.5 Å². The van der Waals surface area contributed by atoms with E-state index in [9.17, 15) is 45.8 Å². The molecule has 1 amide bonds. The van der Waals surface area contributed by atoms with Gasteiger partial charge in [0, 0.05) is 36.1 Å². The summed E-state index contributed by atoms with van der Waals surface area (Å²) < 4.78 is 11.3. The molecule has 2 aromatic rings. The first kappa shape index (κ1) is 34.6. The average Bonchev–Trinajstić information content (AvgIpc) is 3.91. The smallest absolute Gasteiger partial charge is 0.243 e. The molecule has 3 saturated heterocycles. The Morgan fingerprint density at radius 2 is 1.36 bits per heavy atom. The number of aliphatic hydroxyl groups is 7. The van der Waals surface area contributed by atoms with Crippen LogP contribution in [-0.2, 0) is 19.7 Å². The zero-order valence-electron chi connectivity index (χ0n) is 27.3. The van der Waals surface area contributed by atoms with Crippen LogP contribution in [0.4, 0.5) is 0 Å². The quantitative estimate of drug-likeness (QED) is 0.201. The lowest BCUT2D eigenvalue weighted by Gasteiger charge is -2.41. The van der Waals surface area contributed by atoms with Crippen LogP contribution in [0.5, 0.6) is 0 Å². The molecular formula is C38H40N2O10. The van der Waals surface area contributed by atoms with Gasteiger partial charge in [0.2, 0.25) is 5.91 Å². The molecule has 0 aromatic heterocycles. The zero-order chi connectivity index (χ0) is 35.4. The van der Waals surface area contributed by atoms with E-state index in [1.165, 1.54) is 0 Å². The summed E-state index contributed by atoms with van der Waals surface area (Å²) in [4.78, 5) is 15.1. The fourth-order valence-electron chi connectivity index (χ4n) is 7.80. The third-order valence-corrected chi connectivity index (χ3v) is 11.0. The number of piperidine rings is 1. The number of likely N-dealkylation sites (tertiary alicyclic amines) is 1. The number of hydrogen-bond donors (Lipinski definition) is 7. The van der Waals surface area contributed by atoms with Gasteiger partial charge in [-0.25, -0.2) is 0 Å². The van der Waals surface area contributed by atoms with Gasteiger partial charge in [-0.3, -0.25) is 4.79 Å². The van der Waals surface area contributed by atoms with Gasteiger partial charge in [-0.15, -0.1) is 0 Å². The van der Waals surface area contributed by atoms with Crippen LogP contribution in [0.1, 0.15) is 54.4 Å².